The van der Waals surface area contributed by atoms with E-state index in [9.17, 15) is 13.5 Å². The van der Waals surface area contributed by atoms with Crippen LogP contribution >= 0.6 is 27.3 Å². The number of aryl methyl sites for hydroxylation is 1. The zero-order valence-electron chi connectivity index (χ0n) is 10.7. The van der Waals surface area contributed by atoms with E-state index in [0.29, 0.717) is 0 Å². The number of hydrogen-bond donors (Lipinski definition) is 2. The van der Waals surface area contributed by atoms with Crippen LogP contribution in [0.25, 0.3) is 0 Å². The monoisotopic (exact) mass is 377 g/mol. The average molecular weight is 378 g/mol. The fraction of sp³-hybridized carbons (Fsp3) is 0.167. The van der Waals surface area contributed by atoms with Gasteiger partial charge < -0.3 is 9.84 Å². The second-order valence-electron chi connectivity index (χ2n) is 4.01. The molecule has 1 aromatic heterocycles. The topological polar surface area (TPSA) is 75.6 Å². The number of sulfonamides is 1. The highest BCUT2D eigenvalue weighted by Gasteiger charge is 2.19. The average Bonchev–Trinajstić information content (AvgIpc) is 2.70. The summed E-state index contributed by atoms with van der Waals surface area (Å²) in [5.74, 6) is 0.152. The number of halogens is 1. The molecule has 1 heterocycles. The molecule has 20 heavy (non-hydrogen) atoms. The molecule has 0 aliphatic carbocycles. The van der Waals surface area contributed by atoms with Crippen molar-refractivity contribution in [3.8, 4) is 11.5 Å². The Morgan fingerprint density at radius 2 is 2.05 bits per heavy atom. The fourth-order valence-corrected chi connectivity index (χ4v) is 4.80. The number of phenolic OH excluding ortho intramolecular Hbond substituents is 1. The molecule has 0 radical (unpaired) electrons. The van der Waals surface area contributed by atoms with E-state index in [2.05, 4.69) is 20.7 Å². The highest BCUT2D eigenvalue weighted by molar-refractivity contribution is 9.11. The van der Waals surface area contributed by atoms with Gasteiger partial charge in [-0.2, -0.15) is 0 Å². The van der Waals surface area contributed by atoms with Gasteiger partial charge in [0.2, 0.25) is 0 Å². The van der Waals surface area contributed by atoms with Crippen molar-refractivity contribution >= 4 is 43.0 Å². The first-order chi connectivity index (χ1) is 9.33. The third-order valence-electron chi connectivity index (χ3n) is 2.53. The van der Waals surface area contributed by atoms with Gasteiger partial charge in [0.1, 0.15) is 4.21 Å². The molecule has 0 unspecified atom stereocenters. The molecule has 0 saturated heterocycles. The summed E-state index contributed by atoms with van der Waals surface area (Å²) in [6.45, 7) is 1.82. The van der Waals surface area contributed by atoms with Crippen molar-refractivity contribution in [2.24, 2.45) is 0 Å². The molecule has 1 aromatic carbocycles. The molecular weight excluding hydrogens is 366 g/mol. The van der Waals surface area contributed by atoms with Crippen LogP contribution in [0.5, 0.6) is 11.5 Å². The van der Waals surface area contributed by atoms with E-state index in [1.165, 1.54) is 25.3 Å². The first-order valence-corrected chi connectivity index (χ1v) is 8.58. The van der Waals surface area contributed by atoms with E-state index in [1.807, 2.05) is 6.92 Å². The minimum atomic E-state index is -3.66. The minimum absolute atomic E-state index is 0.128. The standard InChI is InChI=1S/C12H12BrNO4S2/c1-7-5-11(19-12(7)13)20(16,17)14-8-3-4-10(18-2)9(15)6-8/h3-6,14-15H,1-2H3. The smallest absolute Gasteiger partial charge is 0.271 e. The van der Waals surface area contributed by atoms with E-state index >= 15 is 0 Å². The first-order valence-electron chi connectivity index (χ1n) is 5.49. The Balaban J connectivity index is 2.31. The van der Waals surface area contributed by atoms with E-state index in [-0.39, 0.29) is 21.4 Å². The molecule has 0 amide bonds. The van der Waals surface area contributed by atoms with Crippen LogP contribution in [0.4, 0.5) is 5.69 Å². The maximum atomic E-state index is 12.2. The van der Waals surface area contributed by atoms with Crippen LogP contribution in [-0.2, 0) is 10.0 Å². The van der Waals surface area contributed by atoms with E-state index in [0.717, 1.165) is 20.7 Å². The number of thiophene rings is 1. The molecule has 2 aromatic rings. The molecule has 5 nitrogen and oxygen atoms in total. The molecule has 0 spiro atoms. The Kier molecular flexibility index (Phi) is 4.26. The van der Waals surface area contributed by atoms with E-state index < -0.39 is 10.0 Å². The van der Waals surface area contributed by atoms with Gasteiger partial charge in [0.05, 0.1) is 16.6 Å². The number of rotatable bonds is 4. The van der Waals surface area contributed by atoms with Gasteiger partial charge >= 0.3 is 0 Å². The molecule has 108 valence electrons. The second kappa shape index (κ2) is 5.63. The lowest BCUT2D eigenvalue weighted by atomic mass is 10.3. The number of ether oxygens (including phenoxy) is 1. The van der Waals surface area contributed by atoms with Crippen molar-refractivity contribution in [3.63, 3.8) is 0 Å². The first kappa shape index (κ1) is 15.1. The molecule has 0 fully saturated rings. The summed E-state index contributed by atoms with van der Waals surface area (Å²) >= 11 is 4.43. The molecule has 0 aliphatic heterocycles. The number of anilines is 1. The van der Waals surface area contributed by atoms with Gasteiger partial charge in [0.25, 0.3) is 10.0 Å². The van der Waals surface area contributed by atoms with Crippen LogP contribution in [0.2, 0.25) is 0 Å². The zero-order chi connectivity index (χ0) is 14.9. The largest absolute Gasteiger partial charge is 0.504 e. The molecule has 8 heteroatoms. The molecule has 0 saturated carbocycles. The Morgan fingerprint density at radius 3 is 2.55 bits per heavy atom. The second-order valence-corrected chi connectivity index (χ2v) is 8.29. The molecule has 0 aliphatic rings. The predicted molar refractivity (Wildman–Crippen MR) is 82.2 cm³/mol. The summed E-state index contributed by atoms with van der Waals surface area (Å²) in [6, 6.07) is 5.89. The number of nitrogens with one attached hydrogen (secondary N) is 1. The van der Waals surface area contributed by atoms with Crippen molar-refractivity contribution in [3.05, 3.63) is 33.6 Å². The quantitative estimate of drug-likeness (QED) is 0.856. The lowest BCUT2D eigenvalue weighted by Gasteiger charge is -2.08. The normalized spacial score (nSPS) is 11.3. The van der Waals surface area contributed by atoms with E-state index in [1.54, 1.807) is 6.07 Å². The van der Waals surface area contributed by atoms with Crippen LogP contribution in [0.1, 0.15) is 5.56 Å². The van der Waals surface area contributed by atoms with Crippen LogP contribution in [0, 0.1) is 6.92 Å². The summed E-state index contributed by atoms with van der Waals surface area (Å²) in [4.78, 5) is 0. The van der Waals surface area contributed by atoms with E-state index in [4.69, 9.17) is 4.74 Å². The molecule has 2 rings (SSSR count). The van der Waals surface area contributed by atoms with Gasteiger partial charge in [0.15, 0.2) is 11.5 Å². The highest BCUT2D eigenvalue weighted by atomic mass is 79.9. The van der Waals surface area contributed by atoms with Gasteiger partial charge in [-0.3, -0.25) is 4.72 Å². The van der Waals surface area contributed by atoms with Crippen LogP contribution in [0.3, 0.4) is 0 Å². The van der Waals surface area contributed by atoms with Crippen molar-refractivity contribution in [1.82, 2.24) is 0 Å². The Morgan fingerprint density at radius 1 is 1.35 bits per heavy atom. The Labute approximate surface area is 129 Å². The predicted octanol–water partition coefficient (Wildman–Crippen LogP) is 3.33. The summed E-state index contributed by atoms with van der Waals surface area (Å²) < 4.78 is 32.7. The number of hydrogen-bond acceptors (Lipinski definition) is 5. The summed E-state index contributed by atoms with van der Waals surface area (Å²) in [5.41, 5.74) is 1.12. The lowest BCUT2D eigenvalue weighted by Crippen LogP contribution is -2.11. The lowest BCUT2D eigenvalue weighted by molar-refractivity contribution is 0.373. The zero-order valence-corrected chi connectivity index (χ0v) is 13.9. The number of aromatic hydroxyl groups is 1. The van der Waals surface area contributed by atoms with Gasteiger partial charge in [-0.25, -0.2) is 8.42 Å². The molecular formula is C12H12BrNO4S2. The maximum absolute atomic E-state index is 12.2. The van der Waals surface area contributed by atoms with Gasteiger partial charge in [-0.1, -0.05) is 0 Å². The third kappa shape index (κ3) is 3.08. The van der Waals surface area contributed by atoms with Crippen molar-refractivity contribution in [2.75, 3.05) is 11.8 Å². The number of methoxy groups -OCH3 is 1. The minimum Gasteiger partial charge on any atom is -0.504 e. The summed E-state index contributed by atoms with van der Waals surface area (Å²) in [5, 5.41) is 9.64. The highest BCUT2D eigenvalue weighted by Crippen LogP contribution is 2.33. The van der Waals surface area contributed by atoms with Crippen molar-refractivity contribution in [1.29, 1.82) is 0 Å². The third-order valence-corrected chi connectivity index (χ3v) is 6.52. The van der Waals surface area contributed by atoms with Crippen LogP contribution in [-0.4, -0.2) is 20.6 Å². The number of phenols is 1. The van der Waals surface area contributed by atoms with Crippen LogP contribution < -0.4 is 9.46 Å². The SMILES string of the molecule is COc1ccc(NS(=O)(=O)c2cc(C)c(Br)s2)cc1O. The van der Waals surface area contributed by atoms with Gasteiger partial charge in [-0.05, 0) is 46.6 Å². The fourth-order valence-electron chi connectivity index (χ4n) is 1.52. The maximum Gasteiger partial charge on any atom is 0.271 e. The summed E-state index contributed by atoms with van der Waals surface area (Å²) in [7, 11) is -2.24. The summed E-state index contributed by atoms with van der Waals surface area (Å²) in [6.07, 6.45) is 0. The van der Waals surface area contributed by atoms with Gasteiger partial charge in [0, 0.05) is 6.07 Å². The molecule has 0 bridgehead atoms. The van der Waals surface area contributed by atoms with Crippen molar-refractivity contribution in [2.45, 2.75) is 11.1 Å². The molecule has 0 atom stereocenters. The molecule has 2 N–H and O–H groups in total. The number of benzene rings is 1. The van der Waals surface area contributed by atoms with Crippen molar-refractivity contribution < 1.29 is 18.3 Å². The Bertz CT molecular complexity index is 720. The van der Waals surface area contributed by atoms with Crippen LogP contribution in [0.15, 0.2) is 32.3 Å². The Hall–Kier alpha value is -1.25. The van der Waals surface area contributed by atoms with Gasteiger partial charge in [-0.15, -0.1) is 11.3 Å².